The highest BCUT2D eigenvalue weighted by Crippen LogP contribution is 2.27. The fraction of sp³-hybridized carbons (Fsp3) is 0.333. The summed E-state index contributed by atoms with van der Waals surface area (Å²) in [4.78, 5) is 25.2. The average molecular weight is 530 g/mol. The smallest absolute Gasteiger partial charge is 0.251 e. The van der Waals surface area contributed by atoms with Crippen molar-refractivity contribution in [1.82, 2.24) is 20.1 Å². The second-order valence-electron chi connectivity index (χ2n) is 8.14. The molecule has 0 fully saturated rings. The molecule has 33 heavy (non-hydrogen) atoms. The summed E-state index contributed by atoms with van der Waals surface area (Å²) in [6.07, 6.45) is 0. The third-order valence-corrected chi connectivity index (χ3v) is 7.34. The summed E-state index contributed by atoms with van der Waals surface area (Å²) in [5, 5.41) is 15.2. The van der Waals surface area contributed by atoms with Crippen molar-refractivity contribution in [3.05, 3.63) is 69.5 Å². The zero-order chi connectivity index (χ0) is 24.1. The van der Waals surface area contributed by atoms with Crippen LogP contribution in [0.25, 0.3) is 0 Å². The van der Waals surface area contributed by atoms with Crippen LogP contribution in [0.15, 0.2) is 52.1 Å². The molecule has 3 rings (SSSR count). The van der Waals surface area contributed by atoms with Gasteiger partial charge in [-0.2, -0.15) is 0 Å². The van der Waals surface area contributed by atoms with Crippen molar-refractivity contribution in [2.24, 2.45) is 13.0 Å². The van der Waals surface area contributed by atoms with Gasteiger partial charge < -0.3 is 15.2 Å². The van der Waals surface area contributed by atoms with Crippen molar-refractivity contribution < 1.29 is 9.59 Å². The molecule has 0 unspecified atom stereocenters. The Bertz CT molecular complexity index is 1150. The Labute approximate surface area is 206 Å². The van der Waals surface area contributed by atoms with Gasteiger partial charge >= 0.3 is 0 Å². The molecule has 0 radical (unpaired) electrons. The number of hydrogen-bond donors (Lipinski definition) is 2. The number of nitrogens with zero attached hydrogens (tertiary/aromatic N) is 3. The Morgan fingerprint density at radius 3 is 2.42 bits per heavy atom. The largest absolute Gasteiger partial charge is 0.342 e. The first-order valence-corrected chi connectivity index (χ1v) is 12.4. The van der Waals surface area contributed by atoms with E-state index in [0.717, 1.165) is 21.3 Å². The van der Waals surface area contributed by atoms with E-state index in [1.54, 1.807) is 12.1 Å². The lowest BCUT2D eigenvalue weighted by Gasteiger charge is -2.21. The topological polar surface area (TPSA) is 88.9 Å². The predicted octanol–water partition coefficient (Wildman–Crippen LogP) is 5.05. The SMILES string of the molecule is Cc1c(Br)ccc(NC(=O)CSc2nnc([C@H](NC(=O)c3ccccc3)C(C)C)n2C)c1C. The normalized spacial score (nSPS) is 12.0. The van der Waals surface area contributed by atoms with E-state index >= 15 is 0 Å². The van der Waals surface area contributed by atoms with Gasteiger partial charge in [0.2, 0.25) is 5.91 Å². The van der Waals surface area contributed by atoms with Crippen molar-refractivity contribution in [3.8, 4) is 0 Å². The minimum atomic E-state index is -0.313. The number of carbonyl (C=O) groups is 2. The van der Waals surface area contributed by atoms with E-state index in [2.05, 4.69) is 36.8 Å². The summed E-state index contributed by atoms with van der Waals surface area (Å²) in [6.45, 7) is 8.03. The molecule has 0 aliphatic rings. The van der Waals surface area contributed by atoms with Crippen LogP contribution in [0.5, 0.6) is 0 Å². The molecule has 2 aromatic carbocycles. The van der Waals surface area contributed by atoms with Crippen molar-refractivity contribution >= 4 is 45.2 Å². The summed E-state index contributed by atoms with van der Waals surface area (Å²) in [6, 6.07) is 12.6. The maximum absolute atomic E-state index is 12.7. The first-order valence-electron chi connectivity index (χ1n) is 10.6. The van der Waals surface area contributed by atoms with Crippen LogP contribution in [-0.4, -0.2) is 32.3 Å². The summed E-state index contributed by atoms with van der Waals surface area (Å²) < 4.78 is 2.85. The minimum Gasteiger partial charge on any atom is -0.342 e. The lowest BCUT2D eigenvalue weighted by Crippen LogP contribution is -2.33. The molecule has 9 heteroatoms. The fourth-order valence-electron chi connectivity index (χ4n) is 3.31. The summed E-state index contributed by atoms with van der Waals surface area (Å²) in [5.74, 6) is 0.670. The van der Waals surface area contributed by atoms with E-state index < -0.39 is 0 Å². The summed E-state index contributed by atoms with van der Waals surface area (Å²) in [5.41, 5.74) is 3.51. The minimum absolute atomic E-state index is 0.102. The van der Waals surface area contributed by atoms with E-state index in [1.165, 1.54) is 11.8 Å². The van der Waals surface area contributed by atoms with Crippen LogP contribution < -0.4 is 10.6 Å². The number of rotatable bonds is 8. The van der Waals surface area contributed by atoms with Crippen LogP contribution in [0.2, 0.25) is 0 Å². The fourth-order valence-corrected chi connectivity index (χ4v) is 4.45. The molecule has 0 bridgehead atoms. The standard InChI is InChI=1S/C24H28BrN5O2S/c1-14(2)21(27-23(32)17-9-7-6-8-10-17)22-28-29-24(30(22)5)33-13-20(31)26-19-12-11-18(25)15(3)16(19)4/h6-12,14,21H,13H2,1-5H3,(H,26,31)(H,27,32)/t21-/m1/s1. The first-order chi connectivity index (χ1) is 15.7. The van der Waals surface area contributed by atoms with Gasteiger partial charge in [0.1, 0.15) is 0 Å². The van der Waals surface area contributed by atoms with Crippen LogP contribution in [-0.2, 0) is 11.8 Å². The van der Waals surface area contributed by atoms with Gasteiger partial charge in [-0.15, -0.1) is 10.2 Å². The van der Waals surface area contributed by atoms with Gasteiger partial charge in [-0.05, 0) is 55.2 Å². The Morgan fingerprint density at radius 1 is 1.06 bits per heavy atom. The predicted molar refractivity (Wildman–Crippen MR) is 135 cm³/mol. The Kier molecular flexibility index (Phi) is 8.31. The van der Waals surface area contributed by atoms with Crippen LogP contribution in [0.4, 0.5) is 5.69 Å². The highest BCUT2D eigenvalue weighted by atomic mass is 79.9. The molecule has 1 atom stereocenters. The Hall–Kier alpha value is -2.65. The van der Waals surface area contributed by atoms with Crippen molar-refractivity contribution in [3.63, 3.8) is 0 Å². The van der Waals surface area contributed by atoms with Crippen molar-refractivity contribution in [1.29, 1.82) is 0 Å². The van der Waals surface area contributed by atoms with Crippen LogP contribution in [0.1, 0.15) is 47.2 Å². The molecular weight excluding hydrogens is 502 g/mol. The maximum atomic E-state index is 12.7. The molecule has 2 N–H and O–H groups in total. The van der Waals surface area contributed by atoms with Gasteiger partial charge in [0.15, 0.2) is 11.0 Å². The molecule has 1 aromatic heterocycles. The van der Waals surface area contributed by atoms with E-state index in [9.17, 15) is 9.59 Å². The summed E-state index contributed by atoms with van der Waals surface area (Å²) >= 11 is 4.81. The zero-order valence-corrected chi connectivity index (χ0v) is 21.8. The molecule has 174 valence electrons. The molecule has 0 saturated heterocycles. The number of halogens is 1. The molecule has 0 saturated carbocycles. The van der Waals surface area contributed by atoms with E-state index in [0.29, 0.717) is 16.5 Å². The van der Waals surface area contributed by atoms with Crippen LogP contribution >= 0.6 is 27.7 Å². The van der Waals surface area contributed by atoms with Crippen LogP contribution in [0, 0.1) is 19.8 Å². The van der Waals surface area contributed by atoms with Gasteiger partial charge in [0, 0.05) is 22.8 Å². The van der Waals surface area contributed by atoms with Gasteiger partial charge in [-0.1, -0.05) is 59.7 Å². The Morgan fingerprint density at radius 2 is 1.76 bits per heavy atom. The second kappa shape index (κ2) is 11.0. The lowest BCUT2D eigenvalue weighted by atomic mass is 10.0. The van der Waals surface area contributed by atoms with Crippen molar-refractivity contribution in [2.75, 3.05) is 11.1 Å². The number of hydrogen-bond acceptors (Lipinski definition) is 5. The van der Waals surface area contributed by atoms with Gasteiger partial charge in [-0.25, -0.2) is 0 Å². The first kappa shape index (κ1) is 25.0. The quantitative estimate of drug-likeness (QED) is 0.398. The van der Waals surface area contributed by atoms with E-state index in [4.69, 9.17) is 0 Å². The van der Waals surface area contributed by atoms with Crippen LogP contribution in [0.3, 0.4) is 0 Å². The third kappa shape index (κ3) is 6.03. The highest BCUT2D eigenvalue weighted by Gasteiger charge is 2.25. The monoisotopic (exact) mass is 529 g/mol. The maximum Gasteiger partial charge on any atom is 0.251 e. The summed E-state index contributed by atoms with van der Waals surface area (Å²) in [7, 11) is 1.85. The average Bonchev–Trinajstić information content (AvgIpc) is 3.16. The third-order valence-electron chi connectivity index (χ3n) is 5.46. The molecule has 7 nitrogen and oxygen atoms in total. The molecule has 0 spiro atoms. The molecular formula is C24H28BrN5O2S. The molecule has 1 heterocycles. The van der Waals surface area contributed by atoms with Gasteiger partial charge in [-0.3, -0.25) is 9.59 Å². The number of benzene rings is 2. The highest BCUT2D eigenvalue weighted by molar-refractivity contribution is 9.10. The second-order valence-corrected chi connectivity index (χ2v) is 9.94. The number of aromatic nitrogens is 3. The molecule has 2 amide bonds. The number of carbonyl (C=O) groups excluding carboxylic acids is 2. The van der Waals surface area contributed by atoms with Gasteiger partial charge in [0.25, 0.3) is 5.91 Å². The number of thioether (sulfide) groups is 1. The number of anilines is 1. The lowest BCUT2D eigenvalue weighted by molar-refractivity contribution is -0.113. The van der Waals surface area contributed by atoms with E-state index in [-0.39, 0.29) is 29.5 Å². The van der Waals surface area contributed by atoms with Crippen molar-refractivity contribution in [2.45, 2.75) is 38.9 Å². The number of nitrogens with one attached hydrogen (secondary N) is 2. The van der Waals surface area contributed by atoms with Gasteiger partial charge in [0.05, 0.1) is 11.8 Å². The number of amides is 2. The molecule has 3 aromatic rings. The Balaban J connectivity index is 1.67. The zero-order valence-electron chi connectivity index (χ0n) is 19.3. The van der Waals surface area contributed by atoms with E-state index in [1.807, 2.05) is 69.6 Å². The molecule has 0 aliphatic heterocycles. The molecule has 0 aliphatic carbocycles.